The van der Waals surface area contributed by atoms with E-state index in [1.165, 1.54) is 35.6 Å². The van der Waals surface area contributed by atoms with Gasteiger partial charge in [-0.2, -0.15) is 0 Å². The van der Waals surface area contributed by atoms with E-state index in [1.807, 2.05) is 13.8 Å². The normalized spacial score (nSPS) is 11.3. The number of carbonyl (C=O) groups is 2. The fourth-order valence-corrected chi connectivity index (χ4v) is 5.76. The van der Waals surface area contributed by atoms with Gasteiger partial charge in [0.15, 0.2) is 11.5 Å². The molecule has 9 heteroatoms. The Morgan fingerprint density at radius 2 is 1.57 bits per heavy atom. The highest BCUT2D eigenvalue weighted by Crippen LogP contribution is 2.46. The van der Waals surface area contributed by atoms with Crippen LogP contribution in [0.5, 0.6) is 17.2 Å². The summed E-state index contributed by atoms with van der Waals surface area (Å²) >= 11 is 20.2. The molecule has 0 amide bonds. The van der Waals surface area contributed by atoms with Gasteiger partial charge < -0.3 is 14.9 Å². The Balaban J connectivity index is 1.87. The second-order valence-corrected chi connectivity index (χ2v) is 10.1. The van der Waals surface area contributed by atoms with Crippen LogP contribution in [0.4, 0.5) is 0 Å². The van der Waals surface area contributed by atoms with Crippen molar-refractivity contribution in [3.8, 4) is 17.2 Å². The number of carbonyl (C=O) groups excluding carboxylic acids is 1. The molecule has 0 aliphatic heterocycles. The molecular weight excluding hydrogens is 531 g/mol. The third kappa shape index (κ3) is 5.16. The van der Waals surface area contributed by atoms with E-state index in [2.05, 4.69) is 0 Å². The molecule has 4 rings (SSSR count). The quantitative estimate of drug-likeness (QED) is 0.187. The fraction of sp³-hybridized carbons (Fsp3) is 0.0769. The van der Waals surface area contributed by atoms with Gasteiger partial charge >= 0.3 is 5.97 Å². The minimum Gasteiger partial charge on any atom is -0.508 e. The summed E-state index contributed by atoms with van der Waals surface area (Å²) in [7, 11) is 0. The number of benzene rings is 3. The van der Waals surface area contributed by atoms with Crippen molar-refractivity contribution in [2.24, 2.45) is 0 Å². The molecule has 0 aliphatic rings. The predicted molar refractivity (Wildman–Crippen MR) is 141 cm³/mol. The van der Waals surface area contributed by atoms with Gasteiger partial charge in [-0.3, -0.25) is 4.79 Å². The summed E-state index contributed by atoms with van der Waals surface area (Å²) in [6, 6.07) is 11.2. The summed E-state index contributed by atoms with van der Waals surface area (Å²) in [6.45, 7) is 3.62. The Morgan fingerprint density at radius 3 is 2.17 bits per heavy atom. The molecule has 0 fully saturated rings. The first-order chi connectivity index (χ1) is 16.5. The molecule has 0 atom stereocenters. The first-order valence-corrected chi connectivity index (χ1v) is 12.1. The van der Waals surface area contributed by atoms with E-state index in [9.17, 15) is 14.7 Å². The van der Waals surface area contributed by atoms with Crippen LogP contribution in [0.15, 0.2) is 48.5 Å². The standard InChI is InChI=1S/C26H17Cl3O5S/c1-12-7-15(27)8-13(2)22(12)23(33)26-24(17-5-4-16(30)11-20(17)35-26)34-25-18(28)9-14(10-19(25)29)3-6-21(31)32/h3-11,30H,1-2H3,(H,31,32)/b6-3+. The number of aryl methyl sites for hydroxylation is 2. The lowest BCUT2D eigenvalue weighted by atomic mass is 9.98. The van der Waals surface area contributed by atoms with Gasteiger partial charge in [-0.1, -0.05) is 34.8 Å². The minimum atomic E-state index is -1.11. The molecule has 0 bridgehead atoms. The average Bonchev–Trinajstić information content (AvgIpc) is 3.11. The maximum atomic E-state index is 13.7. The van der Waals surface area contributed by atoms with Crippen molar-refractivity contribution in [1.82, 2.24) is 0 Å². The highest BCUT2D eigenvalue weighted by atomic mass is 35.5. The van der Waals surface area contributed by atoms with Crippen molar-refractivity contribution in [2.45, 2.75) is 13.8 Å². The zero-order valence-corrected chi connectivity index (χ0v) is 21.4. The Labute approximate surface area is 219 Å². The molecule has 1 aromatic heterocycles. The molecule has 0 radical (unpaired) electrons. The summed E-state index contributed by atoms with van der Waals surface area (Å²) in [5, 5.41) is 20.2. The lowest BCUT2D eigenvalue weighted by Gasteiger charge is -2.13. The number of ether oxygens (including phenoxy) is 1. The van der Waals surface area contributed by atoms with Crippen LogP contribution in [-0.2, 0) is 4.79 Å². The molecule has 2 N–H and O–H groups in total. The Morgan fingerprint density at radius 1 is 0.943 bits per heavy atom. The summed E-state index contributed by atoms with van der Waals surface area (Å²) in [5.41, 5.74) is 2.41. The van der Waals surface area contributed by atoms with Gasteiger partial charge in [-0.25, -0.2) is 4.79 Å². The maximum Gasteiger partial charge on any atom is 0.328 e. The SMILES string of the molecule is Cc1cc(Cl)cc(C)c1C(=O)c1sc2cc(O)ccc2c1Oc1c(Cl)cc(/C=C/C(=O)O)cc1Cl. The van der Waals surface area contributed by atoms with E-state index in [0.29, 0.717) is 31.1 Å². The summed E-state index contributed by atoms with van der Waals surface area (Å²) in [6.07, 6.45) is 2.32. The Bertz CT molecular complexity index is 1490. The minimum absolute atomic E-state index is 0.0498. The third-order valence-corrected chi connectivity index (χ3v) is 7.11. The van der Waals surface area contributed by atoms with Crippen molar-refractivity contribution < 1.29 is 24.5 Å². The number of phenolic OH excluding ortho intramolecular Hbond substituents is 1. The number of phenols is 1. The molecule has 1 heterocycles. The number of carboxylic acids is 1. The molecule has 35 heavy (non-hydrogen) atoms. The molecule has 4 aromatic rings. The fourth-order valence-electron chi connectivity index (χ4n) is 3.74. The van der Waals surface area contributed by atoms with Crippen LogP contribution < -0.4 is 4.74 Å². The molecule has 0 saturated carbocycles. The molecule has 0 spiro atoms. The van der Waals surface area contributed by atoms with E-state index in [1.54, 1.807) is 24.3 Å². The number of thiophene rings is 1. The predicted octanol–water partition coefficient (Wildman–Crippen LogP) is 8.31. The van der Waals surface area contributed by atoms with Crippen molar-refractivity contribution in [2.75, 3.05) is 0 Å². The van der Waals surface area contributed by atoms with Gasteiger partial charge in [0.25, 0.3) is 0 Å². The van der Waals surface area contributed by atoms with Crippen LogP contribution in [0, 0.1) is 13.8 Å². The number of aromatic hydroxyl groups is 1. The topological polar surface area (TPSA) is 83.8 Å². The first-order valence-electron chi connectivity index (χ1n) is 10.2. The molecule has 0 saturated heterocycles. The van der Waals surface area contributed by atoms with Gasteiger partial charge in [0, 0.05) is 26.7 Å². The number of rotatable bonds is 6. The van der Waals surface area contributed by atoms with Crippen molar-refractivity contribution in [1.29, 1.82) is 0 Å². The second-order valence-electron chi connectivity index (χ2n) is 7.77. The molecule has 5 nitrogen and oxygen atoms in total. The highest BCUT2D eigenvalue weighted by Gasteiger charge is 2.26. The van der Waals surface area contributed by atoms with Gasteiger partial charge in [0.2, 0.25) is 5.78 Å². The van der Waals surface area contributed by atoms with Crippen LogP contribution >= 0.6 is 46.1 Å². The summed E-state index contributed by atoms with van der Waals surface area (Å²) < 4.78 is 6.81. The lowest BCUT2D eigenvalue weighted by molar-refractivity contribution is -0.131. The van der Waals surface area contributed by atoms with Crippen LogP contribution in [-0.4, -0.2) is 22.0 Å². The summed E-state index contributed by atoms with van der Waals surface area (Å²) in [5.74, 6) is -0.954. The van der Waals surface area contributed by atoms with Crippen LogP contribution in [0.25, 0.3) is 16.2 Å². The second kappa shape index (κ2) is 9.91. The molecule has 178 valence electrons. The van der Waals surface area contributed by atoms with Crippen molar-refractivity contribution in [3.05, 3.63) is 90.7 Å². The first kappa shape index (κ1) is 25.1. The largest absolute Gasteiger partial charge is 0.508 e. The van der Waals surface area contributed by atoms with Crippen molar-refractivity contribution in [3.63, 3.8) is 0 Å². The van der Waals surface area contributed by atoms with Gasteiger partial charge in [-0.15, -0.1) is 11.3 Å². The Kier molecular flexibility index (Phi) is 7.10. The van der Waals surface area contributed by atoms with Gasteiger partial charge in [-0.05, 0) is 79.1 Å². The Hall–Kier alpha value is -3.03. The maximum absolute atomic E-state index is 13.7. The monoisotopic (exact) mass is 546 g/mol. The van der Waals surface area contributed by atoms with Crippen molar-refractivity contribution >= 4 is 74.1 Å². The zero-order chi connectivity index (χ0) is 25.4. The van der Waals surface area contributed by atoms with Crippen LogP contribution in [0.1, 0.15) is 31.9 Å². The lowest BCUT2D eigenvalue weighted by Crippen LogP contribution is -2.06. The zero-order valence-electron chi connectivity index (χ0n) is 18.4. The number of fused-ring (bicyclic) bond motifs is 1. The number of carboxylic acid groups (broad SMARTS) is 1. The van der Waals surface area contributed by atoms with Gasteiger partial charge in [0.05, 0.1) is 10.0 Å². The highest BCUT2D eigenvalue weighted by molar-refractivity contribution is 7.21. The number of ketones is 1. The number of aliphatic carboxylic acids is 1. The third-order valence-electron chi connectivity index (χ3n) is 5.20. The van der Waals surface area contributed by atoms with E-state index >= 15 is 0 Å². The summed E-state index contributed by atoms with van der Waals surface area (Å²) in [4.78, 5) is 24.9. The average molecular weight is 548 g/mol. The molecule has 0 aliphatic carbocycles. The molecular formula is C26H17Cl3O5S. The number of halogens is 3. The van der Waals surface area contributed by atoms with E-state index in [4.69, 9.17) is 44.6 Å². The van der Waals surface area contributed by atoms with E-state index in [-0.39, 0.29) is 33.1 Å². The molecule has 0 unspecified atom stereocenters. The van der Waals surface area contributed by atoms with Gasteiger partial charge in [0.1, 0.15) is 10.6 Å². The number of hydrogen-bond acceptors (Lipinski definition) is 5. The smallest absolute Gasteiger partial charge is 0.328 e. The van der Waals surface area contributed by atoms with Crippen LogP contribution in [0.2, 0.25) is 15.1 Å². The van der Waals surface area contributed by atoms with E-state index in [0.717, 1.165) is 17.2 Å². The van der Waals surface area contributed by atoms with Crippen LogP contribution in [0.3, 0.4) is 0 Å². The number of hydrogen-bond donors (Lipinski definition) is 2. The van der Waals surface area contributed by atoms with E-state index < -0.39 is 5.97 Å². The molecule has 3 aromatic carbocycles.